The van der Waals surface area contributed by atoms with Gasteiger partial charge in [-0.3, -0.25) is 9.59 Å². The van der Waals surface area contributed by atoms with Gasteiger partial charge in [0.15, 0.2) is 17.3 Å². The van der Waals surface area contributed by atoms with Crippen LogP contribution in [0.15, 0.2) is 89.3 Å². The molecule has 0 saturated carbocycles. The molecule has 1 amide bonds. The lowest BCUT2D eigenvalue weighted by atomic mass is 9.71. The Kier molecular flexibility index (Phi) is 7.65. The van der Waals surface area contributed by atoms with Crippen LogP contribution in [0.3, 0.4) is 0 Å². The Bertz CT molecular complexity index is 1540. The second-order valence-corrected chi connectivity index (χ2v) is 10.2. The number of allylic oxidation sites excluding steroid dienone is 3. The van der Waals surface area contributed by atoms with Crippen molar-refractivity contribution in [2.24, 2.45) is 0 Å². The van der Waals surface area contributed by atoms with Crippen molar-refractivity contribution in [3.63, 3.8) is 0 Å². The van der Waals surface area contributed by atoms with E-state index in [-0.39, 0.29) is 17.6 Å². The fraction of sp³-hybridized carbons (Fsp3) is 0.273. The fourth-order valence-corrected chi connectivity index (χ4v) is 5.80. The van der Waals surface area contributed by atoms with Gasteiger partial charge in [-0.15, -0.1) is 0 Å². The lowest BCUT2D eigenvalue weighted by Gasteiger charge is -2.37. The van der Waals surface area contributed by atoms with Crippen molar-refractivity contribution in [1.29, 1.82) is 0 Å². The van der Waals surface area contributed by atoms with Gasteiger partial charge < -0.3 is 24.8 Å². The molecule has 2 N–H and O–H groups in total. The van der Waals surface area contributed by atoms with E-state index in [9.17, 15) is 9.59 Å². The van der Waals surface area contributed by atoms with E-state index in [1.165, 1.54) is 0 Å². The predicted octanol–water partition coefficient (Wildman–Crippen LogP) is 6.02. The zero-order chi connectivity index (χ0) is 28.4. The normalized spacial score (nSPS) is 18.6. The van der Waals surface area contributed by atoms with Gasteiger partial charge in [0.05, 0.1) is 27.0 Å². The molecule has 7 nitrogen and oxygen atoms in total. The molecule has 1 aliphatic carbocycles. The largest absolute Gasteiger partial charge is 0.495 e. The van der Waals surface area contributed by atoms with E-state index in [4.69, 9.17) is 14.2 Å². The standard InChI is InChI=1S/C33H34N2O5/c1-19-9-8-10-22(15-19)31-30(33(37)35-24-11-6-7-12-27(24)38-3)20(2)34-25-16-23(17-26(36)32(25)31)21-13-14-28(39-4)29(18-21)40-5/h6-15,18,23,31,34H,16-17H2,1-5H3,(H,35,37)/t23-,31+/m0/s1. The molecule has 2 atom stereocenters. The Labute approximate surface area is 234 Å². The number of carbonyl (C=O) groups excluding carboxylic acids is 2. The van der Waals surface area contributed by atoms with Crippen LogP contribution in [0.2, 0.25) is 0 Å². The number of nitrogens with one attached hydrogen (secondary N) is 2. The number of methoxy groups -OCH3 is 3. The van der Waals surface area contributed by atoms with Gasteiger partial charge in [-0.1, -0.05) is 48.0 Å². The number of carbonyl (C=O) groups is 2. The van der Waals surface area contributed by atoms with Crippen molar-refractivity contribution in [3.8, 4) is 17.2 Å². The van der Waals surface area contributed by atoms with Crippen molar-refractivity contribution in [2.45, 2.75) is 38.5 Å². The van der Waals surface area contributed by atoms with Crippen LogP contribution < -0.4 is 24.8 Å². The number of ether oxygens (including phenoxy) is 3. The van der Waals surface area contributed by atoms with Gasteiger partial charge >= 0.3 is 0 Å². The van der Waals surface area contributed by atoms with Crippen LogP contribution in [0.1, 0.15) is 48.3 Å². The lowest BCUT2D eigenvalue weighted by molar-refractivity contribution is -0.116. The summed E-state index contributed by atoms with van der Waals surface area (Å²) < 4.78 is 16.4. The van der Waals surface area contributed by atoms with Gasteiger partial charge in [0.1, 0.15) is 5.75 Å². The molecule has 5 rings (SSSR count). The minimum atomic E-state index is -0.496. The molecule has 0 fully saturated rings. The Hall–Kier alpha value is -4.52. The first-order chi connectivity index (χ1) is 19.3. The van der Waals surface area contributed by atoms with E-state index in [0.717, 1.165) is 28.1 Å². The van der Waals surface area contributed by atoms with E-state index in [1.807, 2.05) is 62.4 Å². The monoisotopic (exact) mass is 538 g/mol. The van der Waals surface area contributed by atoms with Crippen LogP contribution in [-0.4, -0.2) is 33.0 Å². The van der Waals surface area contributed by atoms with Gasteiger partial charge in [0, 0.05) is 34.9 Å². The highest BCUT2D eigenvalue weighted by atomic mass is 16.5. The maximum absolute atomic E-state index is 14.0. The summed E-state index contributed by atoms with van der Waals surface area (Å²) in [5.74, 6) is 1.06. The Morgan fingerprint density at radius 1 is 0.825 bits per heavy atom. The van der Waals surface area contributed by atoms with Crippen molar-refractivity contribution in [2.75, 3.05) is 26.6 Å². The Morgan fingerprint density at radius 3 is 2.30 bits per heavy atom. The Morgan fingerprint density at radius 2 is 1.57 bits per heavy atom. The van der Waals surface area contributed by atoms with Crippen molar-refractivity contribution < 1.29 is 23.8 Å². The summed E-state index contributed by atoms with van der Waals surface area (Å²) in [5, 5.41) is 6.47. The summed E-state index contributed by atoms with van der Waals surface area (Å²) >= 11 is 0. The predicted molar refractivity (Wildman–Crippen MR) is 155 cm³/mol. The second-order valence-electron chi connectivity index (χ2n) is 10.2. The number of benzene rings is 3. The van der Waals surface area contributed by atoms with Crippen molar-refractivity contribution in [3.05, 3.63) is 106 Å². The van der Waals surface area contributed by atoms with Crippen LogP contribution >= 0.6 is 0 Å². The number of para-hydroxylation sites is 2. The third-order valence-electron chi connectivity index (χ3n) is 7.68. The molecule has 0 unspecified atom stereocenters. The summed E-state index contributed by atoms with van der Waals surface area (Å²) in [4.78, 5) is 27.9. The smallest absolute Gasteiger partial charge is 0.254 e. The van der Waals surface area contributed by atoms with Gasteiger partial charge in [-0.25, -0.2) is 0 Å². The molecule has 3 aromatic carbocycles. The highest BCUT2D eigenvalue weighted by Crippen LogP contribution is 2.46. The lowest BCUT2D eigenvalue weighted by Crippen LogP contribution is -2.37. The highest BCUT2D eigenvalue weighted by molar-refractivity contribution is 6.10. The van der Waals surface area contributed by atoms with Gasteiger partial charge in [-0.05, 0) is 61.6 Å². The van der Waals surface area contributed by atoms with E-state index < -0.39 is 5.92 Å². The molecule has 0 spiro atoms. The molecule has 2 aliphatic rings. The number of dihydropyridines is 1. The average molecular weight is 539 g/mol. The van der Waals surface area contributed by atoms with E-state index in [2.05, 4.69) is 16.7 Å². The molecule has 206 valence electrons. The van der Waals surface area contributed by atoms with E-state index >= 15 is 0 Å². The number of aryl methyl sites for hydroxylation is 1. The number of anilines is 1. The first-order valence-corrected chi connectivity index (χ1v) is 13.3. The molecule has 7 heteroatoms. The number of rotatable bonds is 7. The number of ketones is 1. The maximum Gasteiger partial charge on any atom is 0.254 e. The minimum absolute atomic E-state index is 0.0233. The van der Waals surface area contributed by atoms with Crippen LogP contribution in [0, 0.1) is 6.92 Å². The number of amides is 1. The van der Waals surface area contributed by atoms with Crippen LogP contribution in [-0.2, 0) is 9.59 Å². The maximum atomic E-state index is 14.0. The van der Waals surface area contributed by atoms with Crippen molar-refractivity contribution >= 4 is 17.4 Å². The zero-order valence-electron chi connectivity index (χ0n) is 23.5. The molecule has 3 aromatic rings. The molecule has 1 aliphatic heterocycles. The molecule has 0 saturated heterocycles. The molecule has 0 bridgehead atoms. The minimum Gasteiger partial charge on any atom is -0.495 e. The quantitative estimate of drug-likeness (QED) is 0.383. The molecular weight excluding hydrogens is 504 g/mol. The third-order valence-corrected chi connectivity index (χ3v) is 7.68. The molecular formula is C33H34N2O5. The second kappa shape index (κ2) is 11.3. The molecule has 0 radical (unpaired) electrons. The fourth-order valence-electron chi connectivity index (χ4n) is 5.80. The van der Waals surface area contributed by atoms with Crippen molar-refractivity contribution in [1.82, 2.24) is 5.32 Å². The van der Waals surface area contributed by atoms with Crippen LogP contribution in [0.4, 0.5) is 5.69 Å². The zero-order valence-corrected chi connectivity index (χ0v) is 23.5. The van der Waals surface area contributed by atoms with Gasteiger partial charge in [0.2, 0.25) is 0 Å². The Balaban J connectivity index is 1.55. The third kappa shape index (κ3) is 5.07. The van der Waals surface area contributed by atoms with E-state index in [1.54, 1.807) is 33.5 Å². The van der Waals surface area contributed by atoms with E-state index in [0.29, 0.717) is 46.9 Å². The number of Topliss-reactive ketones (excluding diaryl/α,β-unsaturated/α-hetero) is 1. The molecule has 40 heavy (non-hydrogen) atoms. The summed E-state index contributed by atoms with van der Waals surface area (Å²) in [7, 11) is 4.78. The molecule has 0 aromatic heterocycles. The van der Waals surface area contributed by atoms with Crippen LogP contribution in [0.25, 0.3) is 0 Å². The van der Waals surface area contributed by atoms with Gasteiger partial charge in [0.25, 0.3) is 5.91 Å². The first kappa shape index (κ1) is 27.1. The topological polar surface area (TPSA) is 85.9 Å². The molecule has 1 heterocycles. The van der Waals surface area contributed by atoms with Gasteiger partial charge in [-0.2, -0.15) is 0 Å². The summed E-state index contributed by atoms with van der Waals surface area (Å²) in [6, 6.07) is 21.1. The summed E-state index contributed by atoms with van der Waals surface area (Å²) in [6.07, 6.45) is 0.969. The summed E-state index contributed by atoms with van der Waals surface area (Å²) in [5.41, 5.74) is 6.30. The number of hydrogen-bond acceptors (Lipinski definition) is 6. The van der Waals surface area contributed by atoms with Crippen LogP contribution in [0.5, 0.6) is 17.2 Å². The highest BCUT2D eigenvalue weighted by Gasteiger charge is 2.41. The SMILES string of the molecule is COc1ccccc1NC(=O)C1=C(C)NC2=C(C(=O)C[C@@H](c3ccc(OC)c(OC)c3)C2)[C@@H]1c1cccc(C)c1. The average Bonchev–Trinajstić information content (AvgIpc) is 2.96. The first-order valence-electron chi connectivity index (χ1n) is 13.3. The number of hydrogen-bond donors (Lipinski definition) is 2. The summed E-state index contributed by atoms with van der Waals surface area (Å²) in [6.45, 7) is 3.91.